The molecule has 1 atom stereocenters. The maximum Gasteiger partial charge on any atom is 0.261 e. The Labute approximate surface area is 176 Å². The van der Waals surface area contributed by atoms with Crippen LogP contribution in [0.25, 0.3) is 10.9 Å². The Morgan fingerprint density at radius 3 is 2.60 bits per heavy atom. The van der Waals surface area contributed by atoms with E-state index in [4.69, 9.17) is 4.74 Å². The van der Waals surface area contributed by atoms with Gasteiger partial charge in [-0.3, -0.25) is 14.2 Å². The molecule has 3 fully saturated rings. The lowest BCUT2D eigenvalue weighted by Crippen LogP contribution is -2.49. The fraction of sp³-hybridized carbons (Fsp3) is 0.609. The van der Waals surface area contributed by atoms with E-state index < -0.39 is 0 Å². The zero-order valence-electron chi connectivity index (χ0n) is 17.5. The molecule has 160 valence electrons. The van der Waals surface area contributed by atoms with Crippen molar-refractivity contribution in [3.8, 4) is 0 Å². The summed E-state index contributed by atoms with van der Waals surface area (Å²) >= 11 is 0. The minimum absolute atomic E-state index is 0.0722. The van der Waals surface area contributed by atoms with Gasteiger partial charge in [-0.1, -0.05) is 12.8 Å². The molecule has 0 bridgehead atoms. The Morgan fingerprint density at radius 1 is 1.07 bits per heavy atom. The highest BCUT2D eigenvalue weighted by molar-refractivity contribution is 5.82. The van der Waals surface area contributed by atoms with E-state index in [1.165, 1.54) is 12.8 Å². The van der Waals surface area contributed by atoms with Gasteiger partial charge in [0.05, 0.1) is 29.8 Å². The number of ether oxygens (including phenoxy) is 1. The lowest BCUT2D eigenvalue weighted by molar-refractivity contribution is -0.133. The topological polar surface area (TPSA) is 67.7 Å². The smallest absolute Gasteiger partial charge is 0.261 e. The molecule has 1 aromatic heterocycles. The van der Waals surface area contributed by atoms with Gasteiger partial charge in [0.15, 0.2) is 0 Å². The second-order valence-corrected chi connectivity index (χ2v) is 8.80. The summed E-state index contributed by atoms with van der Waals surface area (Å²) < 4.78 is 7.43. The van der Waals surface area contributed by atoms with Crippen LogP contribution in [0.4, 0.5) is 5.69 Å². The number of rotatable bonds is 4. The van der Waals surface area contributed by atoms with Crippen molar-refractivity contribution in [3.05, 3.63) is 34.9 Å². The lowest BCUT2D eigenvalue weighted by Gasteiger charge is -2.36. The van der Waals surface area contributed by atoms with Crippen molar-refractivity contribution in [1.29, 1.82) is 0 Å². The maximum atomic E-state index is 12.9. The molecule has 1 amide bonds. The first-order valence-electron chi connectivity index (χ1n) is 11.3. The predicted molar refractivity (Wildman–Crippen MR) is 116 cm³/mol. The van der Waals surface area contributed by atoms with Gasteiger partial charge < -0.3 is 14.5 Å². The summed E-state index contributed by atoms with van der Waals surface area (Å²) in [5, 5.41) is 0.693. The average molecular weight is 411 g/mol. The molecule has 2 saturated heterocycles. The van der Waals surface area contributed by atoms with E-state index in [2.05, 4.69) is 9.88 Å². The summed E-state index contributed by atoms with van der Waals surface area (Å²) in [6, 6.07) is 6.25. The molecule has 0 radical (unpaired) electrons. The van der Waals surface area contributed by atoms with Crippen molar-refractivity contribution in [2.45, 2.75) is 57.1 Å². The van der Waals surface area contributed by atoms with Gasteiger partial charge in [-0.05, 0) is 43.9 Å². The molecule has 7 heteroatoms. The second kappa shape index (κ2) is 8.38. The lowest BCUT2D eigenvalue weighted by atomic mass is 10.1. The van der Waals surface area contributed by atoms with Crippen molar-refractivity contribution < 1.29 is 9.53 Å². The number of carbonyl (C=O) groups is 1. The third-order valence-electron chi connectivity index (χ3n) is 6.91. The van der Waals surface area contributed by atoms with E-state index in [1.807, 2.05) is 27.7 Å². The molecule has 1 unspecified atom stereocenters. The Kier molecular flexibility index (Phi) is 5.46. The first kappa shape index (κ1) is 19.5. The number of anilines is 1. The van der Waals surface area contributed by atoms with E-state index >= 15 is 0 Å². The zero-order chi connectivity index (χ0) is 20.5. The highest BCUT2D eigenvalue weighted by atomic mass is 16.5. The van der Waals surface area contributed by atoms with Gasteiger partial charge in [0.1, 0.15) is 0 Å². The van der Waals surface area contributed by atoms with Gasteiger partial charge in [-0.15, -0.1) is 0 Å². The average Bonchev–Trinajstić information content (AvgIpc) is 3.48. The van der Waals surface area contributed by atoms with Crippen molar-refractivity contribution in [3.63, 3.8) is 0 Å². The maximum absolute atomic E-state index is 12.9. The van der Waals surface area contributed by atoms with Crippen molar-refractivity contribution in [2.24, 2.45) is 0 Å². The van der Waals surface area contributed by atoms with Crippen LogP contribution in [0.2, 0.25) is 0 Å². The molecule has 0 N–H and O–H groups in total. The summed E-state index contributed by atoms with van der Waals surface area (Å²) in [6.45, 7) is 3.82. The predicted octanol–water partition coefficient (Wildman–Crippen LogP) is 2.73. The molecule has 2 aromatic rings. The SMILES string of the molecule is O=C(CC1CCCO1)N1CCN(c2ccc3c(=O)n(C4CCCC4)cnc3c2)CC1. The zero-order valence-corrected chi connectivity index (χ0v) is 17.5. The normalized spacial score (nSPS) is 22.9. The van der Waals surface area contributed by atoms with Crippen LogP contribution in [0.5, 0.6) is 0 Å². The molecule has 30 heavy (non-hydrogen) atoms. The Hall–Kier alpha value is -2.41. The molecular formula is C23H30N4O3. The van der Waals surface area contributed by atoms with Gasteiger partial charge in [0, 0.05) is 44.5 Å². The molecule has 3 heterocycles. The minimum atomic E-state index is 0.0722. The van der Waals surface area contributed by atoms with Gasteiger partial charge in [-0.25, -0.2) is 4.98 Å². The number of nitrogens with zero attached hydrogens (tertiary/aromatic N) is 4. The summed E-state index contributed by atoms with van der Waals surface area (Å²) in [7, 11) is 0. The highest BCUT2D eigenvalue weighted by Gasteiger charge is 2.26. The van der Waals surface area contributed by atoms with Crippen LogP contribution >= 0.6 is 0 Å². The van der Waals surface area contributed by atoms with Crippen LogP contribution in [-0.2, 0) is 9.53 Å². The third kappa shape index (κ3) is 3.83. The van der Waals surface area contributed by atoms with Crippen LogP contribution in [0.1, 0.15) is 51.0 Å². The van der Waals surface area contributed by atoms with Gasteiger partial charge in [0.25, 0.3) is 5.56 Å². The molecule has 1 saturated carbocycles. The molecule has 1 aromatic carbocycles. The fourth-order valence-corrected chi connectivity index (χ4v) is 5.11. The minimum Gasteiger partial charge on any atom is -0.378 e. The Balaban J connectivity index is 1.26. The molecule has 5 rings (SSSR count). The summed E-state index contributed by atoms with van der Waals surface area (Å²) in [5.41, 5.74) is 1.89. The monoisotopic (exact) mass is 410 g/mol. The number of hydrogen-bond acceptors (Lipinski definition) is 5. The van der Waals surface area contributed by atoms with E-state index in [-0.39, 0.29) is 17.6 Å². The number of fused-ring (bicyclic) bond motifs is 1. The number of carbonyl (C=O) groups excluding carboxylic acids is 1. The van der Waals surface area contributed by atoms with Gasteiger partial charge in [0.2, 0.25) is 5.91 Å². The molecule has 7 nitrogen and oxygen atoms in total. The largest absolute Gasteiger partial charge is 0.378 e. The highest BCUT2D eigenvalue weighted by Crippen LogP contribution is 2.29. The number of amides is 1. The molecule has 0 spiro atoms. The number of benzene rings is 1. The van der Waals surface area contributed by atoms with Crippen molar-refractivity contribution >= 4 is 22.5 Å². The number of piperazine rings is 1. The van der Waals surface area contributed by atoms with Crippen molar-refractivity contribution in [2.75, 3.05) is 37.7 Å². The molecule has 3 aliphatic rings. The van der Waals surface area contributed by atoms with Gasteiger partial charge in [-0.2, -0.15) is 0 Å². The standard InChI is InChI=1S/C23H30N4O3/c28-22(15-19-6-3-13-30-19)26-11-9-25(10-12-26)18-7-8-20-21(14-18)24-16-27(23(20)29)17-4-1-2-5-17/h7-8,14,16-17,19H,1-6,9-13,15H2. The quantitative estimate of drug-likeness (QED) is 0.775. The van der Waals surface area contributed by atoms with Crippen LogP contribution in [0.3, 0.4) is 0 Å². The van der Waals surface area contributed by atoms with E-state index in [1.54, 1.807) is 6.33 Å². The number of aromatic nitrogens is 2. The van der Waals surface area contributed by atoms with Gasteiger partial charge >= 0.3 is 0 Å². The van der Waals surface area contributed by atoms with Crippen LogP contribution in [0.15, 0.2) is 29.3 Å². The first-order chi connectivity index (χ1) is 14.7. The van der Waals surface area contributed by atoms with E-state index in [0.717, 1.165) is 69.7 Å². The third-order valence-corrected chi connectivity index (χ3v) is 6.91. The second-order valence-electron chi connectivity index (χ2n) is 8.80. The Bertz CT molecular complexity index is 968. The molecular weight excluding hydrogens is 380 g/mol. The van der Waals surface area contributed by atoms with Crippen LogP contribution < -0.4 is 10.5 Å². The Morgan fingerprint density at radius 2 is 1.87 bits per heavy atom. The van der Waals surface area contributed by atoms with Crippen LogP contribution in [-0.4, -0.2) is 59.2 Å². The van der Waals surface area contributed by atoms with Crippen LogP contribution in [0, 0.1) is 0 Å². The summed E-state index contributed by atoms with van der Waals surface area (Å²) in [5.74, 6) is 0.203. The summed E-state index contributed by atoms with van der Waals surface area (Å²) in [6.07, 6.45) is 8.93. The van der Waals surface area contributed by atoms with E-state index in [0.29, 0.717) is 17.8 Å². The molecule has 2 aliphatic heterocycles. The molecule has 1 aliphatic carbocycles. The van der Waals surface area contributed by atoms with E-state index in [9.17, 15) is 9.59 Å². The van der Waals surface area contributed by atoms with Crippen molar-refractivity contribution in [1.82, 2.24) is 14.5 Å². The summed E-state index contributed by atoms with van der Waals surface area (Å²) in [4.78, 5) is 34.3. The fourth-order valence-electron chi connectivity index (χ4n) is 5.11. The first-order valence-corrected chi connectivity index (χ1v) is 11.3. The number of hydrogen-bond donors (Lipinski definition) is 0.